The van der Waals surface area contributed by atoms with Gasteiger partial charge in [-0.1, -0.05) is 12.1 Å². The normalized spacial score (nSPS) is 15.3. The van der Waals surface area contributed by atoms with Crippen molar-refractivity contribution >= 4 is 23.6 Å². The van der Waals surface area contributed by atoms with Gasteiger partial charge in [0.1, 0.15) is 11.1 Å². The summed E-state index contributed by atoms with van der Waals surface area (Å²) in [5, 5.41) is 8.37. The van der Waals surface area contributed by atoms with E-state index in [1.807, 2.05) is 25.1 Å². The largest absolute Gasteiger partial charge is 0.444 e. The second-order valence-electron chi connectivity index (χ2n) is 8.41. The summed E-state index contributed by atoms with van der Waals surface area (Å²) >= 11 is 0. The lowest BCUT2D eigenvalue weighted by Crippen LogP contribution is -2.55. The second kappa shape index (κ2) is 7.58. The zero-order valence-corrected chi connectivity index (χ0v) is 16.9. The third kappa shape index (κ3) is 5.70. The van der Waals surface area contributed by atoms with Crippen LogP contribution in [0, 0.1) is 0 Å². The quantitative estimate of drug-likeness (QED) is 0.753. The lowest BCUT2D eigenvalue weighted by molar-refractivity contribution is -0.127. The summed E-state index contributed by atoms with van der Waals surface area (Å²) in [4.78, 5) is 36.1. The van der Waals surface area contributed by atoms with Crippen LogP contribution in [-0.2, 0) is 20.7 Å². The maximum absolute atomic E-state index is 12.6. The fraction of sp³-hybridized carbons (Fsp3) is 0.550. The minimum absolute atomic E-state index is 0.0200. The highest BCUT2D eigenvalue weighted by atomic mass is 16.6. The van der Waals surface area contributed by atoms with Gasteiger partial charge in [0.15, 0.2) is 0 Å². The van der Waals surface area contributed by atoms with Crippen LogP contribution in [0.15, 0.2) is 18.2 Å². The van der Waals surface area contributed by atoms with Crippen molar-refractivity contribution in [3.05, 3.63) is 29.3 Å². The van der Waals surface area contributed by atoms with E-state index in [2.05, 4.69) is 16.0 Å². The van der Waals surface area contributed by atoms with Crippen molar-refractivity contribution in [3.63, 3.8) is 0 Å². The molecule has 0 saturated heterocycles. The molecule has 3 N–H and O–H groups in total. The molecule has 0 saturated carbocycles. The highest BCUT2D eigenvalue weighted by Crippen LogP contribution is 2.26. The van der Waals surface area contributed by atoms with Crippen LogP contribution >= 0.6 is 0 Å². The minimum atomic E-state index is -1.13. The molecule has 2 rings (SSSR count). The molecule has 7 nitrogen and oxygen atoms in total. The Hall–Kier alpha value is -2.57. The Labute approximate surface area is 160 Å². The van der Waals surface area contributed by atoms with Crippen molar-refractivity contribution in [1.29, 1.82) is 0 Å². The Morgan fingerprint density at radius 2 is 1.81 bits per heavy atom. The molecule has 7 heteroatoms. The Bertz CT molecular complexity index is 750. The zero-order chi connectivity index (χ0) is 20.4. The number of nitrogens with one attached hydrogen (secondary N) is 3. The number of rotatable bonds is 4. The summed E-state index contributed by atoms with van der Waals surface area (Å²) in [5.74, 6) is -0.293. The highest BCUT2D eigenvalue weighted by Gasteiger charge is 2.32. The first kappa shape index (κ1) is 20.7. The van der Waals surface area contributed by atoms with Crippen LogP contribution < -0.4 is 16.0 Å². The van der Waals surface area contributed by atoms with Gasteiger partial charge in [0, 0.05) is 12.1 Å². The molecule has 1 aromatic carbocycles. The van der Waals surface area contributed by atoms with Crippen molar-refractivity contribution in [1.82, 2.24) is 10.6 Å². The zero-order valence-electron chi connectivity index (χ0n) is 16.9. The molecular formula is C20H29N3O4. The number of benzene rings is 1. The monoisotopic (exact) mass is 375 g/mol. The Balaban J connectivity index is 2.02. The fourth-order valence-corrected chi connectivity index (χ4v) is 2.75. The molecule has 1 atom stereocenters. The summed E-state index contributed by atoms with van der Waals surface area (Å²) in [6.07, 6.45) is 0.505. The van der Waals surface area contributed by atoms with Crippen molar-refractivity contribution in [2.45, 2.75) is 71.6 Å². The lowest BCUT2D eigenvalue weighted by Gasteiger charge is -2.29. The Morgan fingerprint density at radius 1 is 1.15 bits per heavy atom. The maximum Gasteiger partial charge on any atom is 0.408 e. The van der Waals surface area contributed by atoms with Gasteiger partial charge in [-0.15, -0.1) is 0 Å². The molecule has 148 valence electrons. The van der Waals surface area contributed by atoms with E-state index in [9.17, 15) is 14.4 Å². The summed E-state index contributed by atoms with van der Waals surface area (Å²) in [7, 11) is 0. The summed E-state index contributed by atoms with van der Waals surface area (Å²) in [6, 6.07) is 5.48. The number of amides is 3. The molecule has 1 heterocycles. The van der Waals surface area contributed by atoms with Crippen LogP contribution in [0.2, 0.25) is 0 Å². The third-order valence-electron chi connectivity index (χ3n) is 4.25. The molecule has 0 bridgehead atoms. The number of fused-ring (bicyclic) bond motifs is 1. The maximum atomic E-state index is 12.6. The molecule has 0 spiro atoms. The lowest BCUT2D eigenvalue weighted by atomic mass is 9.97. The molecule has 0 fully saturated rings. The number of carbonyl (C=O) groups excluding carboxylic acids is 3. The molecule has 1 unspecified atom stereocenters. The van der Waals surface area contributed by atoms with E-state index in [0.29, 0.717) is 12.8 Å². The van der Waals surface area contributed by atoms with Crippen molar-refractivity contribution in [2.75, 3.05) is 5.32 Å². The van der Waals surface area contributed by atoms with Gasteiger partial charge in [0.2, 0.25) is 11.8 Å². The van der Waals surface area contributed by atoms with Crippen molar-refractivity contribution in [2.24, 2.45) is 0 Å². The predicted octanol–water partition coefficient (Wildman–Crippen LogP) is 3.05. The van der Waals surface area contributed by atoms with Gasteiger partial charge in [0.05, 0.1) is 6.04 Å². The number of ether oxygens (including phenoxy) is 1. The van der Waals surface area contributed by atoms with Crippen LogP contribution in [0.1, 0.15) is 65.1 Å². The first-order chi connectivity index (χ1) is 12.4. The molecule has 3 amide bonds. The first-order valence-electron chi connectivity index (χ1n) is 9.12. The van der Waals surface area contributed by atoms with Gasteiger partial charge in [-0.05, 0) is 65.2 Å². The molecule has 1 aliphatic rings. The number of carbonyl (C=O) groups is 3. The summed E-state index contributed by atoms with van der Waals surface area (Å²) < 4.78 is 5.22. The number of alkyl carbamates (subject to hydrolysis) is 1. The van der Waals surface area contributed by atoms with Gasteiger partial charge in [-0.2, -0.15) is 0 Å². The van der Waals surface area contributed by atoms with Crippen LogP contribution in [0.25, 0.3) is 0 Å². The Morgan fingerprint density at radius 3 is 2.44 bits per heavy atom. The molecular weight excluding hydrogens is 346 g/mol. The van der Waals surface area contributed by atoms with Crippen LogP contribution in [0.3, 0.4) is 0 Å². The second-order valence-corrected chi connectivity index (χ2v) is 8.41. The van der Waals surface area contributed by atoms with E-state index in [1.54, 1.807) is 34.6 Å². The van der Waals surface area contributed by atoms with Crippen LogP contribution in [0.4, 0.5) is 10.5 Å². The fourth-order valence-electron chi connectivity index (χ4n) is 2.75. The van der Waals surface area contributed by atoms with E-state index in [1.165, 1.54) is 0 Å². The van der Waals surface area contributed by atoms with E-state index in [0.717, 1.165) is 16.8 Å². The summed E-state index contributed by atoms with van der Waals surface area (Å²) in [6.45, 7) is 10.4. The topological polar surface area (TPSA) is 96.5 Å². The standard InChI is InChI=1S/C20H29N3O4/c1-12(13-7-9-15-14(11-13)8-10-16(24)22-15)21-17(25)20(5,6)23-18(26)27-19(2,3)4/h7,9,11-12H,8,10H2,1-6H3,(H,21,25)(H,22,24)(H,23,26). The van der Waals surface area contributed by atoms with E-state index >= 15 is 0 Å². The van der Waals surface area contributed by atoms with E-state index in [-0.39, 0.29) is 17.9 Å². The van der Waals surface area contributed by atoms with Crippen LogP contribution in [0.5, 0.6) is 0 Å². The van der Waals surface area contributed by atoms with Gasteiger partial charge < -0.3 is 20.7 Å². The number of aryl methyl sites for hydroxylation is 1. The SMILES string of the molecule is CC(NC(=O)C(C)(C)NC(=O)OC(C)(C)C)c1ccc2c(c1)CCC(=O)N2. The van der Waals surface area contributed by atoms with Crippen LogP contribution in [-0.4, -0.2) is 29.0 Å². The number of hydrogen-bond donors (Lipinski definition) is 3. The van der Waals surface area contributed by atoms with Crippen molar-refractivity contribution < 1.29 is 19.1 Å². The van der Waals surface area contributed by atoms with Crippen molar-refractivity contribution in [3.8, 4) is 0 Å². The molecule has 1 aromatic rings. The molecule has 1 aliphatic heterocycles. The van der Waals surface area contributed by atoms with Gasteiger partial charge in [0.25, 0.3) is 0 Å². The average molecular weight is 375 g/mol. The molecule has 27 heavy (non-hydrogen) atoms. The number of hydrogen-bond acceptors (Lipinski definition) is 4. The van der Waals surface area contributed by atoms with E-state index < -0.39 is 17.2 Å². The van der Waals surface area contributed by atoms with Gasteiger partial charge in [-0.25, -0.2) is 4.79 Å². The van der Waals surface area contributed by atoms with Gasteiger partial charge >= 0.3 is 6.09 Å². The first-order valence-corrected chi connectivity index (χ1v) is 9.12. The molecule has 0 radical (unpaired) electrons. The number of anilines is 1. The predicted molar refractivity (Wildman–Crippen MR) is 103 cm³/mol. The molecule has 0 aliphatic carbocycles. The molecule has 0 aromatic heterocycles. The minimum Gasteiger partial charge on any atom is -0.444 e. The highest BCUT2D eigenvalue weighted by molar-refractivity contribution is 5.94. The third-order valence-corrected chi connectivity index (χ3v) is 4.25. The van der Waals surface area contributed by atoms with E-state index in [4.69, 9.17) is 4.74 Å². The van der Waals surface area contributed by atoms with Gasteiger partial charge in [-0.3, -0.25) is 9.59 Å². The summed E-state index contributed by atoms with van der Waals surface area (Å²) in [5.41, 5.74) is 1.05. The smallest absolute Gasteiger partial charge is 0.408 e. The Kier molecular flexibility index (Phi) is 5.82. The average Bonchev–Trinajstić information content (AvgIpc) is 2.51.